The van der Waals surface area contributed by atoms with Crippen molar-refractivity contribution in [2.75, 3.05) is 0 Å². The average Bonchev–Trinajstić information content (AvgIpc) is 3.12. The van der Waals surface area contributed by atoms with Crippen LogP contribution < -0.4 is 10.9 Å². The molecule has 1 N–H and O–H groups in total. The fraction of sp³-hybridized carbons (Fsp3) is 0.312. The second-order valence-electron chi connectivity index (χ2n) is 5.57. The van der Waals surface area contributed by atoms with Gasteiger partial charge in [-0.2, -0.15) is 4.98 Å². The molecule has 0 amide bonds. The maximum absolute atomic E-state index is 12.6. The summed E-state index contributed by atoms with van der Waals surface area (Å²) in [6, 6.07) is 8.19. The minimum atomic E-state index is 0.0895. The van der Waals surface area contributed by atoms with Crippen LogP contribution in [0.3, 0.4) is 0 Å². The topological polar surface area (TPSA) is 73.0 Å². The van der Waals surface area contributed by atoms with Crippen molar-refractivity contribution in [3.8, 4) is 0 Å². The van der Waals surface area contributed by atoms with Crippen LogP contribution in [0.15, 0.2) is 33.6 Å². The highest BCUT2D eigenvalue weighted by molar-refractivity contribution is 5.84. The van der Waals surface area contributed by atoms with Gasteiger partial charge in [0.05, 0.1) is 12.1 Å². The lowest BCUT2D eigenvalue weighted by Gasteiger charge is -2.08. The first kappa shape index (κ1) is 13.2. The van der Waals surface area contributed by atoms with Crippen LogP contribution in [0.25, 0.3) is 10.9 Å². The van der Waals surface area contributed by atoms with Crippen LogP contribution >= 0.6 is 0 Å². The predicted octanol–water partition coefficient (Wildman–Crippen LogP) is 1.54. The Balaban J connectivity index is 1.60. The normalized spacial score (nSPS) is 13.1. The zero-order valence-electron chi connectivity index (χ0n) is 12.3. The van der Waals surface area contributed by atoms with Crippen molar-refractivity contribution in [1.82, 2.24) is 20.0 Å². The smallest absolute Gasteiger partial charge is 0.255 e. The summed E-state index contributed by atoms with van der Waals surface area (Å²) in [6.07, 6.45) is 0.935. The summed E-state index contributed by atoms with van der Waals surface area (Å²) < 4.78 is 6.94. The van der Waals surface area contributed by atoms with Gasteiger partial charge in [0, 0.05) is 18.7 Å². The van der Waals surface area contributed by atoms with Gasteiger partial charge in [0.1, 0.15) is 0 Å². The van der Waals surface area contributed by atoms with Gasteiger partial charge in [0.15, 0.2) is 5.82 Å². The summed E-state index contributed by atoms with van der Waals surface area (Å²) in [4.78, 5) is 16.7. The van der Waals surface area contributed by atoms with Crippen molar-refractivity contribution in [2.45, 2.75) is 33.0 Å². The molecule has 2 aromatic heterocycles. The summed E-state index contributed by atoms with van der Waals surface area (Å²) in [6.45, 7) is 3.49. The number of nitrogens with one attached hydrogen (secondary N) is 1. The standard InChI is InChI=1S/C16H16N4O2/c1-10-18-14(22-19-10)9-17-8-13-7-12-4-2-3-11-5-6-20(15(11)12)16(13)21/h2-4,7,17H,5-6,8-9H2,1H3. The molecule has 0 spiro atoms. The molecule has 3 heterocycles. The van der Waals surface area contributed by atoms with Crippen molar-refractivity contribution < 1.29 is 4.52 Å². The molecule has 112 valence electrons. The van der Waals surface area contributed by atoms with E-state index in [1.807, 2.05) is 10.6 Å². The molecule has 0 bridgehead atoms. The molecule has 0 aliphatic carbocycles. The van der Waals surface area contributed by atoms with Gasteiger partial charge < -0.3 is 14.4 Å². The maximum atomic E-state index is 12.6. The lowest BCUT2D eigenvalue weighted by molar-refractivity contribution is 0.364. The summed E-state index contributed by atoms with van der Waals surface area (Å²) in [7, 11) is 0. The second-order valence-corrected chi connectivity index (χ2v) is 5.57. The molecule has 4 rings (SSSR count). The molecular weight excluding hydrogens is 280 g/mol. The van der Waals surface area contributed by atoms with Crippen LogP contribution in [0.1, 0.15) is 22.8 Å². The maximum Gasteiger partial charge on any atom is 0.255 e. The third-order valence-corrected chi connectivity index (χ3v) is 4.04. The Bertz CT molecular complexity index is 910. The molecule has 1 aliphatic heterocycles. The summed E-state index contributed by atoms with van der Waals surface area (Å²) in [5.74, 6) is 1.15. The largest absolute Gasteiger partial charge is 0.338 e. The minimum absolute atomic E-state index is 0.0895. The summed E-state index contributed by atoms with van der Waals surface area (Å²) >= 11 is 0. The van der Waals surface area contributed by atoms with Crippen LogP contribution in [0.4, 0.5) is 0 Å². The van der Waals surface area contributed by atoms with E-state index in [0.717, 1.165) is 29.4 Å². The molecule has 0 unspecified atom stereocenters. The monoisotopic (exact) mass is 296 g/mol. The lowest BCUT2D eigenvalue weighted by Crippen LogP contribution is -2.26. The number of benzene rings is 1. The van der Waals surface area contributed by atoms with Crippen LogP contribution in [0.5, 0.6) is 0 Å². The van der Waals surface area contributed by atoms with Crippen molar-refractivity contribution >= 4 is 10.9 Å². The SMILES string of the molecule is Cc1noc(CNCc2cc3cccc4c3n(c2=O)CC4)n1. The molecule has 0 atom stereocenters. The first-order valence-electron chi connectivity index (χ1n) is 7.36. The Morgan fingerprint density at radius 1 is 1.36 bits per heavy atom. The zero-order chi connectivity index (χ0) is 15.1. The number of aryl methyl sites for hydroxylation is 3. The Morgan fingerprint density at radius 2 is 2.27 bits per heavy atom. The molecule has 6 nitrogen and oxygen atoms in total. The molecule has 0 fully saturated rings. The van der Waals surface area contributed by atoms with Gasteiger partial charge in [-0.1, -0.05) is 23.4 Å². The van der Waals surface area contributed by atoms with Crippen LogP contribution in [-0.2, 0) is 26.1 Å². The molecule has 0 saturated heterocycles. The fourth-order valence-electron chi connectivity index (χ4n) is 3.07. The van der Waals surface area contributed by atoms with E-state index in [4.69, 9.17) is 4.52 Å². The van der Waals surface area contributed by atoms with Gasteiger partial charge in [0.25, 0.3) is 5.56 Å². The fourth-order valence-corrected chi connectivity index (χ4v) is 3.07. The summed E-state index contributed by atoms with van der Waals surface area (Å²) in [5.41, 5.74) is 3.20. The lowest BCUT2D eigenvalue weighted by atomic mass is 10.1. The highest BCUT2D eigenvalue weighted by Gasteiger charge is 2.17. The number of pyridine rings is 1. The molecule has 1 aliphatic rings. The number of rotatable bonds is 4. The van der Waals surface area contributed by atoms with E-state index in [-0.39, 0.29) is 5.56 Å². The first-order valence-corrected chi connectivity index (χ1v) is 7.36. The van der Waals surface area contributed by atoms with Gasteiger partial charge in [0.2, 0.25) is 5.89 Å². The van der Waals surface area contributed by atoms with Crippen molar-refractivity contribution in [2.24, 2.45) is 0 Å². The van der Waals surface area contributed by atoms with Crippen LogP contribution in [0.2, 0.25) is 0 Å². The Kier molecular flexibility index (Phi) is 3.04. The highest BCUT2D eigenvalue weighted by Crippen LogP contribution is 2.24. The third kappa shape index (κ3) is 2.12. The Morgan fingerprint density at radius 3 is 3.09 bits per heavy atom. The molecule has 1 aromatic carbocycles. The molecule has 6 heteroatoms. The van der Waals surface area contributed by atoms with E-state index in [1.165, 1.54) is 5.56 Å². The van der Waals surface area contributed by atoms with Gasteiger partial charge in [-0.25, -0.2) is 0 Å². The second kappa shape index (κ2) is 5.06. The van der Waals surface area contributed by atoms with Gasteiger partial charge in [-0.05, 0) is 30.4 Å². The average molecular weight is 296 g/mol. The zero-order valence-corrected chi connectivity index (χ0v) is 12.3. The number of hydrogen-bond donors (Lipinski definition) is 1. The summed E-state index contributed by atoms with van der Waals surface area (Å²) in [5, 5.41) is 8.06. The molecule has 22 heavy (non-hydrogen) atoms. The van der Waals surface area contributed by atoms with E-state index in [9.17, 15) is 4.79 Å². The van der Waals surface area contributed by atoms with E-state index >= 15 is 0 Å². The van der Waals surface area contributed by atoms with Gasteiger partial charge in [-0.15, -0.1) is 0 Å². The van der Waals surface area contributed by atoms with Gasteiger partial charge in [-0.3, -0.25) is 4.79 Å². The van der Waals surface area contributed by atoms with Crippen molar-refractivity contribution in [3.63, 3.8) is 0 Å². The van der Waals surface area contributed by atoms with E-state index in [1.54, 1.807) is 6.92 Å². The van der Waals surface area contributed by atoms with Crippen LogP contribution in [-0.4, -0.2) is 14.7 Å². The number of hydrogen-bond acceptors (Lipinski definition) is 5. The van der Waals surface area contributed by atoms with Crippen LogP contribution in [0, 0.1) is 6.92 Å². The van der Waals surface area contributed by atoms with E-state index < -0.39 is 0 Å². The molecule has 0 radical (unpaired) electrons. The minimum Gasteiger partial charge on any atom is -0.338 e. The molecule has 3 aromatic rings. The third-order valence-electron chi connectivity index (χ3n) is 4.04. The van der Waals surface area contributed by atoms with Gasteiger partial charge >= 0.3 is 0 Å². The molecular formula is C16H16N4O2. The Hall–Kier alpha value is -2.47. The Labute approximate surface area is 126 Å². The number of para-hydroxylation sites is 1. The predicted molar refractivity (Wildman–Crippen MR) is 81.5 cm³/mol. The number of aromatic nitrogens is 3. The van der Waals surface area contributed by atoms with Crippen molar-refractivity contribution in [1.29, 1.82) is 0 Å². The van der Waals surface area contributed by atoms with E-state index in [2.05, 4.69) is 33.7 Å². The van der Waals surface area contributed by atoms with E-state index in [0.29, 0.717) is 24.8 Å². The quantitative estimate of drug-likeness (QED) is 0.790. The first-order chi connectivity index (χ1) is 10.7. The molecule has 0 saturated carbocycles. The highest BCUT2D eigenvalue weighted by atomic mass is 16.5. The van der Waals surface area contributed by atoms with Crippen molar-refractivity contribution in [3.05, 3.63) is 57.5 Å². The number of nitrogens with zero attached hydrogens (tertiary/aromatic N) is 3.